The number of aliphatic imine (C=N–C) groups is 1. The lowest BCUT2D eigenvalue weighted by atomic mass is 10.1. The summed E-state index contributed by atoms with van der Waals surface area (Å²) in [5.41, 5.74) is 6.66. The molecule has 1 fully saturated rings. The highest BCUT2D eigenvalue weighted by atomic mass is 127. The molecule has 0 bridgehead atoms. The number of para-hydroxylation sites is 1. The van der Waals surface area contributed by atoms with Crippen molar-refractivity contribution in [1.82, 2.24) is 10.6 Å². The number of nitrogens with two attached hydrogens (primary N) is 1. The third-order valence-corrected chi connectivity index (χ3v) is 4.79. The van der Waals surface area contributed by atoms with Crippen LogP contribution in [0.4, 0.5) is 14.5 Å². The normalized spacial score (nSPS) is 16.2. The lowest BCUT2D eigenvalue weighted by molar-refractivity contribution is 0.100. The number of amides is 1. The van der Waals surface area contributed by atoms with Crippen LogP contribution in [0.2, 0.25) is 0 Å². The predicted octanol–water partition coefficient (Wildman–Crippen LogP) is 3.02. The number of rotatable bonds is 6. The van der Waals surface area contributed by atoms with E-state index in [2.05, 4.69) is 15.6 Å². The third kappa shape index (κ3) is 6.04. The Morgan fingerprint density at radius 3 is 2.47 bits per heavy atom. The first-order valence-corrected chi connectivity index (χ1v) is 9.60. The van der Waals surface area contributed by atoms with Gasteiger partial charge in [-0.3, -0.25) is 4.79 Å². The van der Waals surface area contributed by atoms with Gasteiger partial charge >= 0.3 is 0 Å². The van der Waals surface area contributed by atoms with Crippen LogP contribution in [0.5, 0.6) is 0 Å². The maximum Gasteiger partial charge on any atom is 0.248 e. The van der Waals surface area contributed by atoms with Crippen LogP contribution in [-0.2, 0) is 6.54 Å². The van der Waals surface area contributed by atoms with E-state index in [-0.39, 0.29) is 35.7 Å². The van der Waals surface area contributed by atoms with E-state index in [1.165, 1.54) is 18.2 Å². The maximum absolute atomic E-state index is 14.0. The summed E-state index contributed by atoms with van der Waals surface area (Å²) >= 11 is 0. The molecule has 2 aromatic rings. The minimum atomic E-state index is -0.550. The molecule has 30 heavy (non-hydrogen) atoms. The average molecular weight is 529 g/mol. The zero-order valence-corrected chi connectivity index (χ0v) is 19.0. The number of primary amides is 1. The maximum atomic E-state index is 14.0. The molecule has 1 atom stereocenters. The highest BCUT2D eigenvalue weighted by Gasteiger charge is 2.27. The Hall–Kier alpha value is -2.43. The van der Waals surface area contributed by atoms with Crippen molar-refractivity contribution >= 4 is 41.5 Å². The quantitative estimate of drug-likeness (QED) is 0.306. The minimum Gasteiger partial charge on any atom is -0.366 e. The molecule has 6 nitrogen and oxygen atoms in total. The van der Waals surface area contributed by atoms with Crippen molar-refractivity contribution in [2.24, 2.45) is 10.7 Å². The molecule has 0 aromatic heterocycles. The Balaban J connectivity index is 0.00000320. The Kier molecular flexibility index (Phi) is 8.82. The van der Waals surface area contributed by atoms with Gasteiger partial charge in [-0.1, -0.05) is 18.2 Å². The summed E-state index contributed by atoms with van der Waals surface area (Å²) in [6, 6.07) is 10.9. The van der Waals surface area contributed by atoms with Gasteiger partial charge in [0, 0.05) is 31.2 Å². The number of hydrogen-bond donors (Lipinski definition) is 3. The van der Waals surface area contributed by atoms with E-state index >= 15 is 0 Å². The number of nitrogens with zero attached hydrogens (tertiary/aromatic N) is 2. The molecule has 0 radical (unpaired) electrons. The van der Waals surface area contributed by atoms with Crippen molar-refractivity contribution in [3.63, 3.8) is 0 Å². The second-order valence-corrected chi connectivity index (χ2v) is 6.90. The van der Waals surface area contributed by atoms with Gasteiger partial charge in [-0.15, -0.1) is 24.0 Å². The van der Waals surface area contributed by atoms with Crippen LogP contribution in [0.25, 0.3) is 0 Å². The zero-order valence-electron chi connectivity index (χ0n) is 16.7. The molecule has 1 heterocycles. The lowest BCUT2D eigenvalue weighted by Gasteiger charge is -2.21. The Morgan fingerprint density at radius 1 is 1.20 bits per heavy atom. The first-order chi connectivity index (χ1) is 14.0. The largest absolute Gasteiger partial charge is 0.366 e. The van der Waals surface area contributed by atoms with E-state index in [0.717, 1.165) is 12.0 Å². The monoisotopic (exact) mass is 529 g/mol. The van der Waals surface area contributed by atoms with Crippen LogP contribution in [0.3, 0.4) is 0 Å². The number of carbonyl (C=O) groups is 1. The van der Waals surface area contributed by atoms with Gasteiger partial charge in [0.2, 0.25) is 5.91 Å². The molecule has 1 unspecified atom stereocenters. The molecule has 1 saturated heterocycles. The Morgan fingerprint density at radius 2 is 1.87 bits per heavy atom. The summed E-state index contributed by atoms with van der Waals surface area (Å²) in [6.45, 7) is 4.12. The summed E-state index contributed by atoms with van der Waals surface area (Å²) in [7, 11) is 0. The second-order valence-electron chi connectivity index (χ2n) is 6.90. The van der Waals surface area contributed by atoms with Gasteiger partial charge < -0.3 is 21.3 Å². The highest BCUT2D eigenvalue weighted by Crippen LogP contribution is 2.26. The summed E-state index contributed by atoms with van der Waals surface area (Å²) in [5, 5.41) is 6.52. The molecule has 1 aliphatic heterocycles. The van der Waals surface area contributed by atoms with Gasteiger partial charge in [0.15, 0.2) is 5.96 Å². The molecular weight excluding hydrogens is 503 g/mol. The summed E-state index contributed by atoms with van der Waals surface area (Å²) in [5.74, 6) is -0.935. The van der Waals surface area contributed by atoms with E-state index in [9.17, 15) is 13.6 Å². The fraction of sp³-hybridized carbons (Fsp3) is 0.333. The van der Waals surface area contributed by atoms with Crippen molar-refractivity contribution in [2.45, 2.75) is 25.9 Å². The van der Waals surface area contributed by atoms with Crippen LogP contribution in [0.15, 0.2) is 47.5 Å². The number of guanidine groups is 1. The number of benzene rings is 2. The molecule has 3 rings (SSSR count). The van der Waals surface area contributed by atoms with E-state index < -0.39 is 17.5 Å². The van der Waals surface area contributed by atoms with Crippen LogP contribution in [-0.4, -0.2) is 37.5 Å². The smallest absolute Gasteiger partial charge is 0.248 e. The van der Waals surface area contributed by atoms with Crippen LogP contribution in [0.1, 0.15) is 29.3 Å². The lowest BCUT2D eigenvalue weighted by Crippen LogP contribution is -2.44. The first-order valence-electron chi connectivity index (χ1n) is 9.60. The van der Waals surface area contributed by atoms with Crippen molar-refractivity contribution in [3.05, 3.63) is 65.2 Å². The SMILES string of the molecule is CCNC(=NCc1ccc(C(N)=O)cc1)NC1CCN(c2c(F)cccc2F)C1.I. The van der Waals surface area contributed by atoms with Crippen molar-refractivity contribution < 1.29 is 13.6 Å². The van der Waals surface area contributed by atoms with E-state index in [1.807, 2.05) is 19.1 Å². The number of carbonyl (C=O) groups excluding carboxylic acids is 1. The van der Waals surface area contributed by atoms with Crippen LogP contribution >= 0.6 is 24.0 Å². The first kappa shape index (κ1) is 23.8. The summed E-state index contributed by atoms with van der Waals surface area (Å²) < 4.78 is 28.1. The highest BCUT2D eigenvalue weighted by molar-refractivity contribution is 14.0. The molecule has 2 aromatic carbocycles. The van der Waals surface area contributed by atoms with Crippen molar-refractivity contribution in [2.75, 3.05) is 24.5 Å². The minimum absolute atomic E-state index is 0. The van der Waals surface area contributed by atoms with E-state index in [4.69, 9.17) is 5.73 Å². The molecule has 0 spiro atoms. The summed E-state index contributed by atoms with van der Waals surface area (Å²) in [4.78, 5) is 17.4. The molecule has 0 aliphatic carbocycles. The van der Waals surface area contributed by atoms with Gasteiger partial charge in [-0.05, 0) is 43.2 Å². The Labute approximate surface area is 191 Å². The average Bonchev–Trinajstić information content (AvgIpc) is 3.14. The van der Waals surface area contributed by atoms with Gasteiger partial charge in [-0.2, -0.15) is 0 Å². The number of anilines is 1. The number of halogens is 3. The van der Waals surface area contributed by atoms with Crippen molar-refractivity contribution in [1.29, 1.82) is 0 Å². The van der Waals surface area contributed by atoms with E-state index in [0.29, 0.717) is 37.7 Å². The summed E-state index contributed by atoms with van der Waals surface area (Å²) in [6.07, 6.45) is 0.742. The molecular formula is C21H26F2IN5O. The Bertz CT molecular complexity index is 871. The molecule has 0 saturated carbocycles. The molecule has 1 aliphatic rings. The predicted molar refractivity (Wildman–Crippen MR) is 125 cm³/mol. The van der Waals surface area contributed by atoms with Gasteiger partial charge in [0.05, 0.1) is 6.54 Å². The standard InChI is InChI=1S/C21H25F2N5O.HI/c1-2-25-21(26-12-14-6-8-15(9-7-14)20(24)29)27-16-10-11-28(13-16)19-17(22)4-3-5-18(19)23;/h3-9,16H,2,10-13H2,1H3,(H2,24,29)(H2,25,26,27);1H. The van der Waals surface area contributed by atoms with Crippen LogP contribution < -0.4 is 21.3 Å². The van der Waals surface area contributed by atoms with Gasteiger partial charge in [0.25, 0.3) is 0 Å². The fourth-order valence-electron chi connectivity index (χ4n) is 3.33. The van der Waals surface area contributed by atoms with Crippen LogP contribution in [0, 0.1) is 11.6 Å². The van der Waals surface area contributed by atoms with E-state index in [1.54, 1.807) is 17.0 Å². The number of hydrogen-bond acceptors (Lipinski definition) is 3. The topological polar surface area (TPSA) is 82.7 Å². The third-order valence-electron chi connectivity index (χ3n) is 4.79. The number of nitrogens with one attached hydrogen (secondary N) is 2. The van der Waals surface area contributed by atoms with Gasteiger partial charge in [-0.25, -0.2) is 13.8 Å². The molecule has 4 N–H and O–H groups in total. The van der Waals surface area contributed by atoms with Gasteiger partial charge in [0.1, 0.15) is 17.3 Å². The second kappa shape index (κ2) is 11.1. The molecule has 9 heteroatoms. The van der Waals surface area contributed by atoms with Crippen molar-refractivity contribution in [3.8, 4) is 0 Å². The molecule has 162 valence electrons. The zero-order chi connectivity index (χ0) is 20.8. The molecule has 1 amide bonds. The fourth-order valence-corrected chi connectivity index (χ4v) is 3.33.